The van der Waals surface area contributed by atoms with Gasteiger partial charge in [-0.15, -0.1) is 0 Å². The molecular weight excluding hydrogens is 334 g/mol. The molecule has 0 aliphatic carbocycles. The molecule has 1 heterocycles. The molecule has 0 spiro atoms. The van der Waals surface area contributed by atoms with Crippen molar-refractivity contribution >= 4 is 38.4 Å². The molecule has 102 valence electrons. The first kappa shape index (κ1) is 14.3. The molecule has 19 heavy (non-hydrogen) atoms. The highest BCUT2D eigenvalue weighted by Crippen LogP contribution is 2.26. The second-order valence-electron chi connectivity index (χ2n) is 4.77. The third kappa shape index (κ3) is 2.92. The number of nitrogens with zero attached hydrogens (tertiary/aromatic N) is 1. The fraction of sp³-hybridized carbons (Fsp3) is 0.385. The van der Waals surface area contributed by atoms with Crippen molar-refractivity contribution in [1.82, 2.24) is 4.57 Å². The molecule has 0 aliphatic rings. The molecule has 0 saturated heterocycles. The van der Waals surface area contributed by atoms with Gasteiger partial charge in [-0.3, -0.25) is 4.57 Å². The van der Waals surface area contributed by atoms with Crippen molar-refractivity contribution in [1.29, 1.82) is 0 Å². The molecule has 0 amide bonds. The van der Waals surface area contributed by atoms with Crippen molar-refractivity contribution in [3.63, 3.8) is 0 Å². The number of benzene rings is 1. The first-order valence-electron chi connectivity index (χ1n) is 5.93. The SMILES string of the molecule is CC(C)CCn1c(=O)oc(=O)c2cc(Cl)cc(Br)c21. The molecule has 4 nitrogen and oxygen atoms in total. The summed E-state index contributed by atoms with van der Waals surface area (Å²) in [7, 11) is 0. The number of aromatic nitrogens is 1. The molecule has 0 aliphatic heterocycles. The predicted octanol–water partition coefficient (Wildman–Crippen LogP) is 3.42. The number of hydrogen-bond acceptors (Lipinski definition) is 3. The molecule has 0 unspecified atom stereocenters. The molecule has 1 aromatic carbocycles. The van der Waals surface area contributed by atoms with E-state index in [4.69, 9.17) is 16.0 Å². The third-order valence-corrected chi connectivity index (χ3v) is 3.67. The summed E-state index contributed by atoms with van der Waals surface area (Å²) < 4.78 is 6.82. The number of halogens is 2. The van der Waals surface area contributed by atoms with Crippen LogP contribution in [0.4, 0.5) is 0 Å². The Bertz CT molecular complexity index is 733. The Morgan fingerprint density at radius 1 is 1.37 bits per heavy atom. The number of hydrogen-bond donors (Lipinski definition) is 0. The molecule has 2 aromatic rings. The lowest BCUT2D eigenvalue weighted by Crippen LogP contribution is -2.26. The van der Waals surface area contributed by atoms with Gasteiger partial charge >= 0.3 is 11.4 Å². The first-order chi connectivity index (χ1) is 8.90. The van der Waals surface area contributed by atoms with Crippen LogP contribution in [0.25, 0.3) is 10.9 Å². The van der Waals surface area contributed by atoms with Gasteiger partial charge in [0.1, 0.15) is 0 Å². The van der Waals surface area contributed by atoms with Gasteiger partial charge in [0, 0.05) is 16.0 Å². The highest BCUT2D eigenvalue weighted by molar-refractivity contribution is 9.10. The van der Waals surface area contributed by atoms with Gasteiger partial charge in [-0.1, -0.05) is 25.4 Å². The zero-order valence-corrected chi connectivity index (χ0v) is 12.9. The lowest BCUT2D eigenvalue weighted by atomic mass is 10.1. The highest BCUT2D eigenvalue weighted by Gasteiger charge is 2.13. The topological polar surface area (TPSA) is 52.2 Å². The summed E-state index contributed by atoms with van der Waals surface area (Å²) in [6.07, 6.45) is 0.817. The summed E-state index contributed by atoms with van der Waals surface area (Å²) >= 11 is 9.27. The quantitative estimate of drug-likeness (QED) is 0.855. The van der Waals surface area contributed by atoms with Crippen molar-refractivity contribution in [2.45, 2.75) is 26.8 Å². The minimum absolute atomic E-state index is 0.308. The molecule has 2 rings (SSSR count). The van der Waals surface area contributed by atoms with Crippen LogP contribution in [0, 0.1) is 5.92 Å². The Labute approximate surface area is 123 Å². The van der Waals surface area contributed by atoms with Gasteiger partial charge in [0.25, 0.3) is 0 Å². The van der Waals surface area contributed by atoms with Crippen LogP contribution in [0.3, 0.4) is 0 Å². The van der Waals surface area contributed by atoms with E-state index in [0.717, 1.165) is 6.42 Å². The van der Waals surface area contributed by atoms with Crippen LogP contribution in [0.1, 0.15) is 20.3 Å². The van der Waals surface area contributed by atoms with E-state index < -0.39 is 11.4 Å². The zero-order chi connectivity index (χ0) is 14.2. The average molecular weight is 347 g/mol. The summed E-state index contributed by atoms with van der Waals surface area (Å²) in [5, 5.41) is 0.725. The second-order valence-corrected chi connectivity index (χ2v) is 6.06. The van der Waals surface area contributed by atoms with Crippen LogP contribution in [-0.4, -0.2) is 4.57 Å². The monoisotopic (exact) mass is 345 g/mol. The van der Waals surface area contributed by atoms with E-state index in [0.29, 0.717) is 32.9 Å². The van der Waals surface area contributed by atoms with Crippen LogP contribution in [0.2, 0.25) is 5.02 Å². The lowest BCUT2D eigenvalue weighted by Gasteiger charge is -2.11. The van der Waals surface area contributed by atoms with Crippen LogP contribution in [-0.2, 0) is 6.54 Å². The Kier molecular flexibility index (Phi) is 4.16. The zero-order valence-electron chi connectivity index (χ0n) is 10.6. The minimum atomic E-state index is -0.663. The van der Waals surface area contributed by atoms with Crippen molar-refractivity contribution in [3.05, 3.63) is 42.6 Å². The van der Waals surface area contributed by atoms with E-state index in [1.165, 1.54) is 10.6 Å². The summed E-state index contributed by atoms with van der Waals surface area (Å²) in [6.45, 7) is 4.63. The Balaban J connectivity index is 2.76. The van der Waals surface area contributed by atoms with Gasteiger partial charge in [-0.05, 0) is 40.4 Å². The number of fused-ring (bicyclic) bond motifs is 1. The molecule has 0 bridgehead atoms. The molecule has 0 saturated carbocycles. The standard InChI is InChI=1S/C13H13BrClNO3/c1-7(2)3-4-16-11-9(12(17)19-13(16)18)5-8(15)6-10(11)14/h5-7H,3-4H2,1-2H3. The largest absolute Gasteiger partial charge is 0.422 e. The summed E-state index contributed by atoms with van der Waals surface area (Å²) in [5.41, 5.74) is -0.129. The van der Waals surface area contributed by atoms with Crippen molar-refractivity contribution < 1.29 is 4.42 Å². The molecule has 1 aromatic heterocycles. The Hall–Kier alpha value is -1.07. The second kappa shape index (κ2) is 5.51. The minimum Gasteiger partial charge on any atom is -0.372 e. The van der Waals surface area contributed by atoms with E-state index in [1.807, 2.05) is 0 Å². The maximum Gasteiger partial charge on any atom is 0.422 e. The smallest absolute Gasteiger partial charge is 0.372 e. The van der Waals surface area contributed by atoms with E-state index in [9.17, 15) is 9.59 Å². The van der Waals surface area contributed by atoms with Gasteiger partial charge in [0.05, 0.1) is 10.9 Å². The van der Waals surface area contributed by atoms with Crippen LogP contribution >= 0.6 is 27.5 Å². The van der Waals surface area contributed by atoms with Gasteiger partial charge < -0.3 is 4.42 Å². The van der Waals surface area contributed by atoms with E-state index in [1.54, 1.807) is 6.07 Å². The predicted molar refractivity (Wildman–Crippen MR) is 78.9 cm³/mol. The van der Waals surface area contributed by atoms with Gasteiger partial charge in [0.2, 0.25) is 0 Å². The van der Waals surface area contributed by atoms with E-state index in [2.05, 4.69) is 29.8 Å². The highest BCUT2D eigenvalue weighted by atomic mass is 79.9. The maximum absolute atomic E-state index is 11.8. The Morgan fingerprint density at radius 2 is 2.05 bits per heavy atom. The average Bonchev–Trinajstić information content (AvgIpc) is 2.29. The van der Waals surface area contributed by atoms with E-state index >= 15 is 0 Å². The Morgan fingerprint density at radius 3 is 2.68 bits per heavy atom. The molecule has 0 radical (unpaired) electrons. The van der Waals surface area contributed by atoms with Crippen molar-refractivity contribution in [3.8, 4) is 0 Å². The summed E-state index contributed by atoms with van der Waals surface area (Å²) in [4.78, 5) is 23.6. The van der Waals surface area contributed by atoms with Crippen molar-refractivity contribution in [2.24, 2.45) is 5.92 Å². The summed E-state index contributed by atoms with van der Waals surface area (Å²) in [5.74, 6) is -0.193. The van der Waals surface area contributed by atoms with Crippen LogP contribution in [0.5, 0.6) is 0 Å². The van der Waals surface area contributed by atoms with Crippen LogP contribution < -0.4 is 11.4 Å². The van der Waals surface area contributed by atoms with Gasteiger partial charge in [-0.2, -0.15) is 0 Å². The molecule has 0 fully saturated rings. The molecule has 0 atom stereocenters. The van der Waals surface area contributed by atoms with Crippen LogP contribution in [0.15, 0.2) is 30.6 Å². The first-order valence-corrected chi connectivity index (χ1v) is 7.10. The maximum atomic E-state index is 11.8. The van der Waals surface area contributed by atoms with Gasteiger partial charge in [0.15, 0.2) is 0 Å². The lowest BCUT2D eigenvalue weighted by molar-refractivity contribution is 0.399. The molecular formula is C13H13BrClNO3. The molecule has 6 heteroatoms. The fourth-order valence-electron chi connectivity index (χ4n) is 1.87. The number of aryl methyl sites for hydroxylation is 1. The van der Waals surface area contributed by atoms with E-state index in [-0.39, 0.29) is 0 Å². The summed E-state index contributed by atoms with van der Waals surface area (Å²) in [6, 6.07) is 3.17. The van der Waals surface area contributed by atoms with Crippen molar-refractivity contribution in [2.75, 3.05) is 0 Å². The molecule has 0 N–H and O–H groups in total. The normalized spacial score (nSPS) is 11.4. The fourth-order valence-corrected chi connectivity index (χ4v) is 2.89. The number of rotatable bonds is 3. The van der Waals surface area contributed by atoms with Gasteiger partial charge in [-0.25, -0.2) is 9.59 Å². The third-order valence-electron chi connectivity index (χ3n) is 2.85.